The summed E-state index contributed by atoms with van der Waals surface area (Å²) in [6.45, 7) is 0. The molecule has 1 aromatic carbocycles. The Hall–Kier alpha value is -3.62. The number of anilines is 1. The van der Waals surface area contributed by atoms with Crippen molar-refractivity contribution in [2.45, 2.75) is 6.36 Å². The number of aromatic nitrogens is 2. The summed E-state index contributed by atoms with van der Waals surface area (Å²) in [5.74, 6) is -0.457. The van der Waals surface area contributed by atoms with Crippen molar-refractivity contribution in [2.24, 2.45) is 0 Å². The van der Waals surface area contributed by atoms with Crippen LogP contribution in [0.3, 0.4) is 0 Å². The first-order valence-corrected chi connectivity index (χ1v) is 7.97. The third-order valence-electron chi connectivity index (χ3n) is 3.62. The highest BCUT2D eigenvalue weighted by Crippen LogP contribution is 2.28. The van der Waals surface area contributed by atoms with Gasteiger partial charge in [-0.1, -0.05) is 0 Å². The number of pyridine rings is 2. The molecule has 0 aliphatic rings. The molecule has 2 heterocycles. The molecule has 0 saturated carbocycles. The van der Waals surface area contributed by atoms with Gasteiger partial charge in [0.2, 0.25) is 5.88 Å². The number of hydrogen-bond donors (Lipinski definition) is 1. The first-order chi connectivity index (χ1) is 13.4. The van der Waals surface area contributed by atoms with Crippen LogP contribution in [-0.2, 0) is 0 Å². The van der Waals surface area contributed by atoms with Gasteiger partial charge in [0.1, 0.15) is 5.75 Å². The van der Waals surface area contributed by atoms with E-state index in [1.807, 2.05) is 0 Å². The van der Waals surface area contributed by atoms with E-state index in [0.29, 0.717) is 22.7 Å². The average molecular weight is 389 g/mol. The van der Waals surface area contributed by atoms with Gasteiger partial charge in [-0.05, 0) is 42.5 Å². The summed E-state index contributed by atoms with van der Waals surface area (Å²) >= 11 is 0. The molecule has 144 valence electrons. The number of hydrogen-bond acceptors (Lipinski definition) is 5. The molecule has 9 heteroatoms. The predicted molar refractivity (Wildman–Crippen MR) is 95.1 cm³/mol. The maximum atomic E-state index is 12.5. The number of methoxy groups -OCH3 is 1. The second kappa shape index (κ2) is 7.95. The van der Waals surface area contributed by atoms with Gasteiger partial charge in [0.15, 0.2) is 0 Å². The molecular weight excluding hydrogens is 375 g/mol. The summed E-state index contributed by atoms with van der Waals surface area (Å²) in [5, 5.41) is 2.59. The zero-order valence-corrected chi connectivity index (χ0v) is 14.5. The van der Waals surface area contributed by atoms with Crippen molar-refractivity contribution < 1.29 is 27.4 Å². The second-order valence-electron chi connectivity index (χ2n) is 5.55. The molecule has 2 aromatic heterocycles. The molecule has 28 heavy (non-hydrogen) atoms. The molecule has 6 nitrogen and oxygen atoms in total. The highest BCUT2D eigenvalue weighted by molar-refractivity contribution is 6.04. The Morgan fingerprint density at radius 2 is 1.86 bits per heavy atom. The molecule has 0 atom stereocenters. The van der Waals surface area contributed by atoms with Gasteiger partial charge in [0.25, 0.3) is 5.91 Å². The Morgan fingerprint density at radius 1 is 1.11 bits per heavy atom. The molecule has 0 unspecified atom stereocenters. The summed E-state index contributed by atoms with van der Waals surface area (Å²) in [6.07, 6.45) is -0.245. The van der Waals surface area contributed by atoms with Crippen LogP contribution in [0.25, 0.3) is 11.1 Å². The average Bonchev–Trinajstić information content (AvgIpc) is 2.68. The van der Waals surface area contributed by atoms with E-state index in [-0.39, 0.29) is 11.3 Å². The number of carbonyl (C=O) groups excluding carboxylic acids is 1. The molecule has 0 saturated heterocycles. The van der Waals surface area contributed by atoms with Crippen LogP contribution in [0.2, 0.25) is 0 Å². The van der Waals surface area contributed by atoms with E-state index in [1.54, 1.807) is 30.6 Å². The Morgan fingerprint density at radius 3 is 2.54 bits per heavy atom. The third-order valence-corrected chi connectivity index (χ3v) is 3.62. The van der Waals surface area contributed by atoms with Gasteiger partial charge in [0, 0.05) is 35.4 Å². The van der Waals surface area contributed by atoms with E-state index in [4.69, 9.17) is 4.74 Å². The van der Waals surface area contributed by atoms with Crippen molar-refractivity contribution in [3.8, 4) is 22.8 Å². The lowest BCUT2D eigenvalue weighted by Gasteiger charge is -2.10. The fraction of sp³-hybridized carbons (Fsp3) is 0.105. The lowest BCUT2D eigenvalue weighted by Crippen LogP contribution is -2.17. The topological polar surface area (TPSA) is 73.3 Å². The number of rotatable bonds is 5. The summed E-state index contributed by atoms with van der Waals surface area (Å²) in [4.78, 5) is 20.6. The fourth-order valence-electron chi connectivity index (χ4n) is 2.43. The number of ether oxygens (including phenoxy) is 2. The Kier molecular flexibility index (Phi) is 5.44. The SMILES string of the molecule is COc1ncccc1-c1cncc(C(=O)Nc2ccc(OC(F)(F)F)cc2)c1. The fourth-order valence-corrected chi connectivity index (χ4v) is 2.43. The van der Waals surface area contributed by atoms with E-state index < -0.39 is 12.3 Å². The van der Waals surface area contributed by atoms with Gasteiger partial charge in [0.05, 0.1) is 12.7 Å². The third kappa shape index (κ3) is 4.76. The van der Waals surface area contributed by atoms with Crippen LogP contribution in [0, 0.1) is 0 Å². The normalized spacial score (nSPS) is 11.0. The molecule has 0 radical (unpaired) electrons. The molecule has 1 N–H and O–H groups in total. The highest BCUT2D eigenvalue weighted by Gasteiger charge is 2.30. The van der Waals surface area contributed by atoms with E-state index in [1.165, 1.54) is 25.4 Å². The number of nitrogens with one attached hydrogen (secondary N) is 1. The number of carbonyl (C=O) groups is 1. The first kappa shape index (κ1) is 19.2. The first-order valence-electron chi connectivity index (χ1n) is 7.97. The van der Waals surface area contributed by atoms with E-state index in [0.717, 1.165) is 12.1 Å². The largest absolute Gasteiger partial charge is 0.573 e. The van der Waals surface area contributed by atoms with Gasteiger partial charge in [-0.15, -0.1) is 13.2 Å². The summed E-state index contributed by atoms with van der Waals surface area (Å²) in [6, 6.07) is 9.96. The monoisotopic (exact) mass is 389 g/mol. The quantitative estimate of drug-likeness (QED) is 0.704. The molecule has 1 amide bonds. The van der Waals surface area contributed by atoms with Gasteiger partial charge in [-0.3, -0.25) is 9.78 Å². The van der Waals surface area contributed by atoms with Crippen LogP contribution in [0.1, 0.15) is 10.4 Å². The van der Waals surface area contributed by atoms with Crippen molar-refractivity contribution >= 4 is 11.6 Å². The van der Waals surface area contributed by atoms with Crippen LogP contribution >= 0.6 is 0 Å². The van der Waals surface area contributed by atoms with Crippen LogP contribution in [0.4, 0.5) is 18.9 Å². The maximum Gasteiger partial charge on any atom is 0.573 e. The Bertz CT molecular complexity index is 976. The number of nitrogens with zero attached hydrogens (tertiary/aromatic N) is 2. The van der Waals surface area contributed by atoms with Crippen molar-refractivity contribution in [1.82, 2.24) is 9.97 Å². The number of benzene rings is 1. The van der Waals surface area contributed by atoms with E-state index in [9.17, 15) is 18.0 Å². The van der Waals surface area contributed by atoms with E-state index >= 15 is 0 Å². The summed E-state index contributed by atoms with van der Waals surface area (Å²) in [7, 11) is 1.49. The second-order valence-corrected chi connectivity index (χ2v) is 5.55. The minimum Gasteiger partial charge on any atom is -0.481 e. The van der Waals surface area contributed by atoms with Crippen LogP contribution in [0.5, 0.6) is 11.6 Å². The lowest BCUT2D eigenvalue weighted by atomic mass is 10.1. The number of halogens is 3. The molecule has 0 aliphatic heterocycles. The number of amides is 1. The maximum absolute atomic E-state index is 12.5. The molecule has 0 spiro atoms. The molecular formula is C19H14F3N3O3. The van der Waals surface area contributed by atoms with Crippen LogP contribution in [-0.4, -0.2) is 29.3 Å². The van der Waals surface area contributed by atoms with Crippen molar-refractivity contribution in [2.75, 3.05) is 12.4 Å². The lowest BCUT2D eigenvalue weighted by molar-refractivity contribution is -0.274. The standard InChI is InChI=1S/C19H14F3N3O3/c1-27-18-16(3-2-8-24-18)12-9-13(11-23-10-12)17(26)25-14-4-6-15(7-5-14)28-19(20,21)22/h2-11H,1H3,(H,25,26). The van der Waals surface area contributed by atoms with E-state index in [2.05, 4.69) is 20.0 Å². The summed E-state index contributed by atoms with van der Waals surface area (Å²) in [5.41, 5.74) is 1.87. The predicted octanol–water partition coefficient (Wildman–Crippen LogP) is 4.30. The minimum absolute atomic E-state index is 0.263. The number of alkyl halides is 3. The van der Waals surface area contributed by atoms with Gasteiger partial charge < -0.3 is 14.8 Å². The van der Waals surface area contributed by atoms with Crippen LogP contribution in [0.15, 0.2) is 61.1 Å². The molecule has 0 aliphatic carbocycles. The van der Waals surface area contributed by atoms with Gasteiger partial charge in [-0.25, -0.2) is 4.98 Å². The van der Waals surface area contributed by atoms with Gasteiger partial charge >= 0.3 is 6.36 Å². The molecule has 3 rings (SSSR count). The zero-order chi connectivity index (χ0) is 20.1. The molecule has 0 fully saturated rings. The highest BCUT2D eigenvalue weighted by atomic mass is 19.4. The smallest absolute Gasteiger partial charge is 0.481 e. The van der Waals surface area contributed by atoms with Crippen molar-refractivity contribution in [1.29, 1.82) is 0 Å². The van der Waals surface area contributed by atoms with Gasteiger partial charge in [-0.2, -0.15) is 0 Å². The Labute approximate surface area is 158 Å². The van der Waals surface area contributed by atoms with Crippen molar-refractivity contribution in [3.63, 3.8) is 0 Å². The zero-order valence-electron chi connectivity index (χ0n) is 14.5. The molecule has 3 aromatic rings. The minimum atomic E-state index is -4.77. The van der Waals surface area contributed by atoms with Crippen molar-refractivity contribution in [3.05, 3.63) is 66.6 Å². The molecule has 0 bridgehead atoms. The summed E-state index contributed by atoms with van der Waals surface area (Å²) < 4.78 is 45.6. The van der Waals surface area contributed by atoms with Crippen LogP contribution < -0.4 is 14.8 Å². The Balaban J connectivity index is 1.76.